The van der Waals surface area contributed by atoms with E-state index in [-0.39, 0.29) is 11.3 Å². The molecule has 154 valence electrons. The molecule has 1 N–H and O–H groups in total. The van der Waals surface area contributed by atoms with Gasteiger partial charge in [-0.1, -0.05) is 12.1 Å². The molecule has 0 aliphatic carbocycles. The summed E-state index contributed by atoms with van der Waals surface area (Å²) in [7, 11) is 0. The van der Waals surface area contributed by atoms with Gasteiger partial charge in [0.05, 0.1) is 11.1 Å². The summed E-state index contributed by atoms with van der Waals surface area (Å²) in [6, 6.07) is 8.19. The zero-order valence-electron chi connectivity index (χ0n) is 14.3. The van der Waals surface area contributed by atoms with Gasteiger partial charge in [-0.05, 0) is 36.4 Å². The molecule has 0 unspecified atom stereocenters. The zero-order chi connectivity index (χ0) is 21.6. The molecule has 0 saturated heterocycles. The summed E-state index contributed by atoms with van der Waals surface area (Å²) < 4.78 is 71.4. The second kappa shape index (κ2) is 9.13. The SMILES string of the molecule is O=C(COC(=O)c1ccccc1C(F)(F)F)NC(=O)c1ccc(OC(F)F)cc1. The first-order valence-corrected chi connectivity index (χ1v) is 7.80. The number of nitrogens with one attached hydrogen (secondary N) is 1. The molecule has 29 heavy (non-hydrogen) atoms. The molecule has 2 aromatic carbocycles. The summed E-state index contributed by atoms with van der Waals surface area (Å²) in [5.74, 6) is -3.64. The standard InChI is InChI=1S/C18H12F5NO5/c19-17(20)29-11-7-5-10(6-8-11)15(26)24-14(25)9-28-16(27)12-3-1-2-4-13(12)18(21,22)23/h1-8,17H,9H2,(H,24,25,26). The Balaban J connectivity index is 1.93. The van der Waals surface area contributed by atoms with Gasteiger partial charge in [0, 0.05) is 5.56 Å². The second-order valence-corrected chi connectivity index (χ2v) is 5.40. The van der Waals surface area contributed by atoms with E-state index in [1.54, 1.807) is 0 Å². The highest BCUT2D eigenvalue weighted by molar-refractivity contribution is 6.05. The zero-order valence-corrected chi connectivity index (χ0v) is 14.3. The van der Waals surface area contributed by atoms with Crippen LogP contribution in [0.4, 0.5) is 22.0 Å². The van der Waals surface area contributed by atoms with Crippen LogP contribution in [0.1, 0.15) is 26.3 Å². The van der Waals surface area contributed by atoms with Gasteiger partial charge in [0.15, 0.2) is 6.61 Å². The molecule has 0 spiro atoms. The molecular formula is C18H12F5NO5. The predicted octanol–water partition coefficient (Wildman–Crippen LogP) is 3.42. The highest BCUT2D eigenvalue weighted by atomic mass is 19.4. The van der Waals surface area contributed by atoms with Crippen molar-refractivity contribution in [3.8, 4) is 5.75 Å². The highest BCUT2D eigenvalue weighted by Gasteiger charge is 2.35. The number of carbonyl (C=O) groups excluding carboxylic acids is 3. The normalized spacial score (nSPS) is 11.1. The first kappa shape index (κ1) is 21.8. The maximum atomic E-state index is 12.9. The van der Waals surface area contributed by atoms with E-state index in [1.807, 2.05) is 5.32 Å². The van der Waals surface area contributed by atoms with Crippen LogP contribution in [-0.4, -0.2) is 31.0 Å². The Hall–Kier alpha value is -3.50. The number of hydrogen-bond acceptors (Lipinski definition) is 5. The minimum Gasteiger partial charge on any atom is -0.452 e. The number of esters is 1. The van der Waals surface area contributed by atoms with E-state index in [0.29, 0.717) is 6.07 Å². The van der Waals surface area contributed by atoms with Gasteiger partial charge < -0.3 is 9.47 Å². The lowest BCUT2D eigenvalue weighted by atomic mass is 10.1. The minimum absolute atomic E-state index is 0.0892. The number of halogens is 5. The van der Waals surface area contributed by atoms with Crippen molar-refractivity contribution >= 4 is 17.8 Å². The molecule has 0 radical (unpaired) electrons. The quantitative estimate of drug-likeness (QED) is 0.576. The van der Waals surface area contributed by atoms with Gasteiger partial charge >= 0.3 is 18.8 Å². The number of benzene rings is 2. The Morgan fingerprint density at radius 1 is 0.966 bits per heavy atom. The second-order valence-electron chi connectivity index (χ2n) is 5.40. The lowest BCUT2D eigenvalue weighted by molar-refractivity contribution is -0.138. The predicted molar refractivity (Wildman–Crippen MR) is 87.3 cm³/mol. The van der Waals surface area contributed by atoms with Gasteiger partial charge in [0.2, 0.25) is 0 Å². The number of imide groups is 1. The molecule has 0 aromatic heterocycles. The Labute approximate surface area is 160 Å². The van der Waals surface area contributed by atoms with E-state index in [4.69, 9.17) is 0 Å². The van der Waals surface area contributed by atoms with Crippen molar-refractivity contribution in [3.05, 3.63) is 65.2 Å². The molecule has 2 amide bonds. The summed E-state index contributed by atoms with van der Waals surface area (Å²) in [6.07, 6.45) is -4.80. The molecule has 2 rings (SSSR count). The van der Waals surface area contributed by atoms with Crippen molar-refractivity contribution < 1.29 is 45.8 Å². The van der Waals surface area contributed by atoms with Crippen LogP contribution < -0.4 is 10.1 Å². The number of ether oxygens (including phenoxy) is 2. The highest BCUT2D eigenvalue weighted by Crippen LogP contribution is 2.32. The van der Waals surface area contributed by atoms with Crippen molar-refractivity contribution in [2.45, 2.75) is 12.8 Å². The maximum Gasteiger partial charge on any atom is 0.417 e. The lowest BCUT2D eigenvalue weighted by Gasteiger charge is -2.12. The van der Waals surface area contributed by atoms with Gasteiger partial charge in [0.1, 0.15) is 5.75 Å². The van der Waals surface area contributed by atoms with Gasteiger partial charge in [-0.15, -0.1) is 0 Å². The fourth-order valence-electron chi connectivity index (χ4n) is 2.14. The minimum atomic E-state index is -4.80. The van der Waals surface area contributed by atoms with Gasteiger partial charge in [-0.2, -0.15) is 22.0 Å². The number of hydrogen-bond donors (Lipinski definition) is 1. The molecule has 0 fully saturated rings. The molecule has 0 heterocycles. The van der Waals surface area contributed by atoms with Crippen LogP contribution in [-0.2, 0) is 15.7 Å². The van der Waals surface area contributed by atoms with Crippen molar-refractivity contribution in [3.63, 3.8) is 0 Å². The summed E-state index contributed by atoms with van der Waals surface area (Å²) >= 11 is 0. The smallest absolute Gasteiger partial charge is 0.417 e. The molecule has 0 aliphatic rings. The van der Waals surface area contributed by atoms with Crippen LogP contribution >= 0.6 is 0 Å². The molecule has 0 aliphatic heterocycles. The fraction of sp³-hybridized carbons (Fsp3) is 0.167. The Morgan fingerprint density at radius 3 is 2.17 bits per heavy atom. The Bertz CT molecular complexity index is 896. The fourth-order valence-corrected chi connectivity index (χ4v) is 2.14. The third-order valence-electron chi connectivity index (χ3n) is 3.38. The number of alkyl halides is 5. The average Bonchev–Trinajstić information content (AvgIpc) is 2.65. The van der Waals surface area contributed by atoms with Gasteiger partial charge in [0.25, 0.3) is 11.8 Å². The van der Waals surface area contributed by atoms with Gasteiger partial charge in [-0.3, -0.25) is 14.9 Å². The van der Waals surface area contributed by atoms with E-state index in [0.717, 1.165) is 36.4 Å². The van der Waals surface area contributed by atoms with E-state index >= 15 is 0 Å². The summed E-state index contributed by atoms with van der Waals surface area (Å²) in [5.41, 5.74) is -2.10. The van der Waals surface area contributed by atoms with E-state index < -0.39 is 48.3 Å². The van der Waals surface area contributed by atoms with Crippen LogP contribution in [0, 0.1) is 0 Å². The van der Waals surface area contributed by atoms with Crippen LogP contribution in [0.2, 0.25) is 0 Å². The molecular weight excluding hydrogens is 405 g/mol. The molecule has 0 atom stereocenters. The van der Waals surface area contributed by atoms with Crippen molar-refractivity contribution in [2.75, 3.05) is 6.61 Å². The molecule has 6 nitrogen and oxygen atoms in total. The van der Waals surface area contributed by atoms with Crippen LogP contribution in [0.25, 0.3) is 0 Å². The largest absolute Gasteiger partial charge is 0.452 e. The van der Waals surface area contributed by atoms with Crippen LogP contribution in [0.3, 0.4) is 0 Å². The Morgan fingerprint density at radius 2 is 1.59 bits per heavy atom. The summed E-state index contributed by atoms with van der Waals surface area (Å²) in [4.78, 5) is 35.4. The first-order valence-electron chi connectivity index (χ1n) is 7.80. The lowest BCUT2D eigenvalue weighted by Crippen LogP contribution is -2.34. The van der Waals surface area contributed by atoms with Crippen LogP contribution in [0.15, 0.2) is 48.5 Å². The Kier molecular flexibility index (Phi) is 6.86. The van der Waals surface area contributed by atoms with Crippen molar-refractivity contribution in [2.24, 2.45) is 0 Å². The average molecular weight is 417 g/mol. The number of rotatable bonds is 6. The van der Waals surface area contributed by atoms with Crippen LogP contribution in [0.5, 0.6) is 5.75 Å². The van der Waals surface area contributed by atoms with E-state index in [9.17, 15) is 36.3 Å². The number of carbonyl (C=O) groups is 3. The third kappa shape index (κ3) is 6.26. The maximum absolute atomic E-state index is 12.9. The van der Waals surface area contributed by atoms with E-state index in [2.05, 4.69) is 9.47 Å². The molecule has 0 saturated carbocycles. The van der Waals surface area contributed by atoms with E-state index in [1.165, 1.54) is 6.07 Å². The molecule has 11 heteroatoms. The summed E-state index contributed by atoms with van der Waals surface area (Å²) in [6.45, 7) is -4.06. The summed E-state index contributed by atoms with van der Waals surface area (Å²) in [5, 5.41) is 1.84. The third-order valence-corrected chi connectivity index (χ3v) is 3.38. The molecule has 0 bridgehead atoms. The topological polar surface area (TPSA) is 81.7 Å². The van der Waals surface area contributed by atoms with Crippen molar-refractivity contribution in [1.29, 1.82) is 0 Å². The number of amides is 2. The molecule has 2 aromatic rings. The monoisotopic (exact) mass is 417 g/mol. The van der Waals surface area contributed by atoms with Gasteiger partial charge in [-0.25, -0.2) is 4.79 Å². The van der Waals surface area contributed by atoms with Crippen molar-refractivity contribution in [1.82, 2.24) is 5.32 Å². The first-order chi connectivity index (χ1) is 13.6.